The van der Waals surface area contributed by atoms with Gasteiger partial charge in [0.25, 0.3) is 0 Å². The molecule has 2 aromatic heterocycles. The quantitative estimate of drug-likeness (QED) is 0.851. The molecule has 0 fully saturated rings. The van der Waals surface area contributed by atoms with E-state index in [1.54, 1.807) is 19.2 Å². The number of carbonyl (C=O) groups is 1. The Hall–Kier alpha value is -1.99. The van der Waals surface area contributed by atoms with Gasteiger partial charge in [-0.05, 0) is 19.1 Å². The van der Waals surface area contributed by atoms with Gasteiger partial charge in [-0.3, -0.25) is 10.1 Å². The molecular formula is C13H15ClN4O3. The molecule has 0 unspecified atom stereocenters. The second kappa shape index (κ2) is 6.64. The van der Waals surface area contributed by atoms with Crippen molar-refractivity contribution in [2.75, 3.05) is 19.0 Å². The molecule has 2 aromatic rings. The summed E-state index contributed by atoms with van der Waals surface area (Å²) >= 11 is 5.90. The van der Waals surface area contributed by atoms with E-state index in [9.17, 15) is 4.79 Å². The molecule has 21 heavy (non-hydrogen) atoms. The Morgan fingerprint density at radius 1 is 1.38 bits per heavy atom. The molecule has 1 N–H and O–H groups in total. The van der Waals surface area contributed by atoms with Gasteiger partial charge in [-0.2, -0.15) is 4.98 Å². The third kappa shape index (κ3) is 3.99. The van der Waals surface area contributed by atoms with Crippen molar-refractivity contribution in [3.05, 3.63) is 17.3 Å². The number of amides is 1. The molecule has 0 spiro atoms. The monoisotopic (exact) mass is 310 g/mol. The fourth-order valence-corrected chi connectivity index (χ4v) is 1.87. The molecule has 0 bridgehead atoms. The van der Waals surface area contributed by atoms with Crippen LogP contribution in [0.3, 0.4) is 0 Å². The molecule has 0 saturated carbocycles. The molecule has 0 saturated heterocycles. The largest absolute Gasteiger partial charge is 0.471 e. The Morgan fingerprint density at radius 2 is 2.14 bits per heavy atom. The van der Waals surface area contributed by atoms with E-state index in [0.717, 1.165) is 0 Å². The molecule has 0 aliphatic carbocycles. The Bertz CT molecular complexity index is 665. The van der Waals surface area contributed by atoms with Crippen molar-refractivity contribution in [3.63, 3.8) is 0 Å². The molecule has 0 aromatic carbocycles. The van der Waals surface area contributed by atoms with Crippen molar-refractivity contribution in [1.82, 2.24) is 15.0 Å². The van der Waals surface area contributed by atoms with Crippen LogP contribution in [-0.4, -0.2) is 40.7 Å². The number of aromatic nitrogens is 3. The lowest BCUT2D eigenvalue weighted by molar-refractivity contribution is -0.114. The normalized spacial score (nSPS) is 12.2. The third-order valence-corrected chi connectivity index (χ3v) is 2.69. The number of methoxy groups -OCH3 is 1. The lowest BCUT2D eigenvalue weighted by atomic mass is 10.3. The Kier molecular flexibility index (Phi) is 4.87. The van der Waals surface area contributed by atoms with Crippen molar-refractivity contribution in [2.45, 2.75) is 20.0 Å². The van der Waals surface area contributed by atoms with Crippen LogP contribution in [0.4, 0.5) is 5.95 Å². The van der Waals surface area contributed by atoms with Gasteiger partial charge in [0.15, 0.2) is 5.52 Å². The first-order chi connectivity index (χ1) is 9.99. The summed E-state index contributed by atoms with van der Waals surface area (Å²) in [5.41, 5.74) is 0.956. The number of halogens is 1. The highest BCUT2D eigenvalue weighted by molar-refractivity contribution is 6.29. The zero-order chi connectivity index (χ0) is 15.4. The van der Waals surface area contributed by atoms with Crippen molar-refractivity contribution in [1.29, 1.82) is 0 Å². The number of hydrogen-bond donors (Lipinski definition) is 1. The first-order valence-electron chi connectivity index (χ1n) is 6.27. The number of pyridine rings is 1. The second-order valence-electron chi connectivity index (χ2n) is 4.42. The summed E-state index contributed by atoms with van der Waals surface area (Å²) in [5, 5.41) is 2.83. The van der Waals surface area contributed by atoms with Crippen LogP contribution < -0.4 is 10.1 Å². The van der Waals surface area contributed by atoms with Crippen molar-refractivity contribution < 1.29 is 14.3 Å². The number of hydrogen-bond acceptors (Lipinski definition) is 6. The van der Waals surface area contributed by atoms with E-state index < -0.39 is 0 Å². The molecule has 1 amide bonds. The molecule has 7 nitrogen and oxygen atoms in total. The topological polar surface area (TPSA) is 86.2 Å². The highest BCUT2D eigenvalue weighted by Crippen LogP contribution is 2.24. The minimum Gasteiger partial charge on any atom is -0.471 e. The molecule has 0 aliphatic heterocycles. The fourth-order valence-electron chi connectivity index (χ4n) is 1.72. The molecule has 1 atom stereocenters. The first-order valence-corrected chi connectivity index (χ1v) is 6.65. The number of nitrogens with zero attached hydrogens (tertiary/aromatic N) is 3. The van der Waals surface area contributed by atoms with Crippen LogP contribution in [0.5, 0.6) is 5.88 Å². The molecule has 0 radical (unpaired) electrons. The number of fused-ring (bicyclic) bond motifs is 1. The first kappa shape index (κ1) is 15.4. The van der Waals surface area contributed by atoms with E-state index >= 15 is 0 Å². The molecule has 112 valence electrons. The van der Waals surface area contributed by atoms with E-state index in [1.165, 1.54) is 6.92 Å². The predicted molar refractivity (Wildman–Crippen MR) is 78.6 cm³/mol. The van der Waals surface area contributed by atoms with Gasteiger partial charge >= 0.3 is 0 Å². The summed E-state index contributed by atoms with van der Waals surface area (Å²) in [7, 11) is 1.58. The van der Waals surface area contributed by atoms with E-state index in [4.69, 9.17) is 21.1 Å². The van der Waals surface area contributed by atoms with Gasteiger partial charge in [0, 0.05) is 14.0 Å². The second-order valence-corrected chi connectivity index (χ2v) is 4.81. The van der Waals surface area contributed by atoms with Crippen LogP contribution in [0, 0.1) is 0 Å². The van der Waals surface area contributed by atoms with E-state index in [-0.39, 0.29) is 23.8 Å². The number of carbonyl (C=O) groups excluding carboxylic acids is 1. The standard InChI is InChI=1S/C13H15ClN4O3/c1-7(6-20-3)21-12-11-9(4-5-10(14)17-11)16-13(18-12)15-8(2)19/h4-5,7H,6H2,1-3H3,(H,15,16,18,19)/t7-/m0/s1. The van der Waals surface area contributed by atoms with Crippen molar-refractivity contribution >= 4 is 34.5 Å². The van der Waals surface area contributed by atoms with Gasteiger partial charge in [-0.1, -0.05) is 11.6 Å². The zero-order valence-electron chi connectivity index (χ0n) is 11.9. The smallest absolute Gasteiger partial charge is 0.245 e. The van der Waals surface area contributed by atoms with Crippen molar-refractivity contribution in [3.8, 4) is 5.88 Å². The molecule has 0 aliphatic rings. The minimum absolute atomic E-state index is 0.152. The maximum absolute atomic E-state index is 11.2. The summed E-state index contributed by atoms with van der Waals surface area (Å²) in [5.74, 6) is 0.127. The Balaban J connectivity index is 2.47. The highest BCUT2D eigenvalue weighted by Gasteiger charge is 2.14. The number of ether oxygens (including phenoxy) is 2. The number of nitrogens with one attached hydrogen (secondary N) is 1. The third-order valence-electron chi connectivity index (χ3n) is 2.48. The average molecular weight is 311 g/mol. The average Bonchev–Trinajstić information content (AvgIpc) is 2.39. The van der Waals surface area contributed by atoms with Crippen LogP contribution in [0.2, 0.25) is 5.15 Å². The molecule has 2 heterocycles. The van der Waals surface area contributed by atoms with E-state index in [2.05, 4.69) is 20.3 Å². The highest BCUT2D eigenvalue weighted by atomic mass is 35.5. The summed E-state index contributed by atoms with van der Waals surface area (Å²) in [6.07, 6.45) is -0.237. The minimum atomic E-state index is -0.271. The van der Waals surface area contributed by atoms with Crippen LogP contribution in [0.25, 0.3) is 11.0 Å². The Morgan fingerprint density at radius 3 is 2.81 bits per heavy atom. The van der Waals surface area contributed by atoms with Gasteiger partial charge in [-0.15, -0.1) is 0 Å². The molecule has 8 heteroatoms. The van der Waals surface area contributed by atoms with Crippen molar-refractivity contribution in [2.24, 2.45) is 0 Å². The summed E-state index contributed by atoms with van der Waals surface area (Å²) < 4.78 is 10.7. The van der Waals surface area contributed by atoms with Crippen LogP contribution in [0.15, 0.2) is 12.1 Å². The van der Waals surface area contributed by atoms with Crippen LogP contribution in [-0.2, 0) is 9.53 Å². The molecule has 2 rings (SSSR count). The van der Waals surface area contributed by atoms with E-state index in [1.807, 2.05) is 6.92 Å². The van der Waals surface area contributed by atoms with Gasteiger partial charge in [0.05, 0.1) is 12.1 Å². The maximum atomic E-state index is 11.2. The zero-order valence-corrected chi connectivity index (χ0v) is 12.6. The number of rotatable bonds is 5. The maximum Gasteiger partial charge on any atom is 0.245 e. The summed E-state index contributed by atoms with van der Waals surface area (Å²) in [6.45, 7) is 3.60. The van der Waals surface area contributed by atoms with Gasteiger partial charge in [0.2, 0.25) is 17.7 Å². The summed E-state index contributed by atoms with van der Waals surface area (Å²) in [4.78, 5) is 23.7. The molecular weight excluding hydrogens is 296 g/mol. The van der Waals surface area contributed by atoms with Gasteiger partial charge < -0.3 is 9.47 Å². The lowest BCUT2D eigenvalue weighted by Gasteiger charge is -2.14. The Labute approximate surface area is 126 Å². The predicted octanol–water partition coefficient (Wildman–Crippen LogP) is 2.05. The number of anilines is 1. The summed E-state index contributed by atoms with van der Waals surface area (Å²) in [6, 6.07) is 3.29. The van der Waals surface area contributed by atoms with Gasteiger partial charge in [-0.25, -0.2) is 9.97 Å². The lowest BCUT2D eigenvalue weighted by Crippen LogP contribution is -2.20. The van der Waals surface area contributed by atoms with Crippen LogP contribution >= 0.6 is 11.6 Å². The fraction of sp³-hybridized carbons (Fsp3) is 0.385. The van der Waals surface area contributed by atoms with E-state index in [0.29, 0.717) is 22.8 Å². The van der Waals surface area contributed by atoms with Gasteiger partial charge in [0.1, 0.15) is 11.3 Å². The SMILES string of the molecule is COC[C@H](C)Oc1nc(NC(C)=O)nc2ccc(Cl)nc12. The van der Waals surface area contributed by atoms with Crippen LogP contribution in [0.1, 0.15) is 13.8 Å².